The number of aliphatic imine (C=N–C) groups is 1. The molecule has 8 heteroatoms. The molecular formula is C22H33FIN5O. The Hall–Kier alpha value is -1.84. The minimum absolute atomic E-state index is 0. The van der Waals surface area contributed by atoms with Crippen LogP contribution in [-0.2, 0) is 11.2 Å². The lowest BCUT2D eigenvalue weighted by molar-refractivity contribution is -0.121. The highest BCUT2D eigenvalue weighted by molar-refractivity contribution is 14.0. The molecular weight excluding hydrogens is 496 g/mol. The van der Waals surface area contributed by atoms with Gasteiger partial charge in [0.25, 0.3) is 0 Å². The van der Waals surface area contributed by atoms with Crippen molar-refractivity contribution in [2.24, 2.45) is 4.99 Å². The number of H-pyrrole nitrogens is 1. The monoisotopic (exact) mass is 529 g/mol. The van der Waals surface area contributed by atoms with Crippen molar-refractivity contribution >= 4 is 46.7 Å². The van der Waals surface area contributed by atoms with E-state index in [0.29, 0.717) is 31.5 Å². The molecule has 1 aromatic carbocycles. The molecule has 1 aromatic heterocycles. The van der Waals surface area contributed by atoms with E-state index in [1.807, 2.05) is 13.1 Å². The Morgan fingerprint density at radius 2 is 2.03 bits per heavy atom. The lowest BCUT2D eigenvalue weighted by atomic mass is 9.95. The first-order valence-corrected chi connectivity index (χ1v) is 10.7. The number of benzene rings is 1. The van der Waals surface area contributed by atoms with Gasteiger partial charge < -0.3 is 20.9 Å². The number of carbonyl (C=O) groups excluding carboxylic acids is 1. The van der Waals surface area contributed by atoms with Crippen LogP contribution in [0.25, 0.3) is 10.9 Å². The second-order valence-corrected chi connectivity index (χ2v) is 7.59. The van der Waals surface area contributed by atoms with Crippen LogP contribution < -0.4 is 16.0 Å². The third kappa shape index (κ3) is 7.45. The van der Waals surface area contributed by atoms with E-state index >= 15 is 0 Å². The summed E-state index contributed by atoms with van der Waals surface area (Å²) >= 11 is 0. The van der Waals surface area contributed by atoms with E-state index in [9.17, 15) is 9.18 Å². The molecule has 1 fully saturated rings. The normalized spacial score (nSPS) is 14.9. The third-order valence-corrected chi connectivity index (χ3v) is 5.34. The number of rotatable bonds is 8. The first-order valence-electron chi connectivity index (χ1n) is 10.7. The van der Waals surface area contributed by atoms with Crippen molar-refractivity contribution in [3.05, 3.63) is 35.8 Å². The second kappa shape index (κ2) is 12.8. The van der Waals surface area contributed by atoms with Crippen LogP contribution in [0.3, 0.4) is 0 Å². The standard InChI is InChI=1S/C22H32FN5O.HI/c1-2-24-22(26-13-11-21(29)28-18-6-4-3-5-7-18)25-12-10-16-15-27-20-14-17(23)8-9-19(16)20;/h8-9,14-15,18,27H,2-7,10-13H2,1H3,(H,28,29)(H2,24,25,26);1H. The van der Waals surface area contributed by atoms with Gasteiger partial charge >= 0.3 is 0 Å². The number of fused-ring (bicyclic) bond motifs is 1. The van der Waals surface area contributed by atoms with Gasteiger partial charge in [-0.25, -0.2) is 4.39 Å². The lowest BCUT2D eigenvalue weighted by Gasteiger charge is -2.22. The van der Waals surface area contributed by atoms with E-state index in [1.54, 1.807) is 6.07 Å². The summed E-state index contributed by atoms with van der Waals surface area (Å²) in [6, 6.07) is 5.14. The van der Waals surface area contributed by atoms with E-state index in [1.165, 1.54) is 31.4 Å². The number of hydrogen-bond acceptors (Lipinski definition) is 2. The molecule has 2 aromatic rings. The number of hydrogen-bond donors (Lipinski definition) is 4. The molecule has 0 spiro atoms. The van der Waals surface area contributed by atoms with E-state index in [0.717, 1.165) is 42.3 Å². The molecule has 0 bridgehead atoms. The fraction of sp³-hybridized carbons (Fsp3) is 0.545. The number of carbonyl (C=O) groups is 1. The predicted octanol–water partition coefficient (Wildman–Crippen LogP) is 3.86. The molecule has 0 aliphatic heterocycles. The smallest absolute Gasteiger partial charge is 0.222 e. The molecule has 1 heterocycles. The topological polar surface area (TPSA) is 81.3 Å². The van der Waals surface area contributed by atoms with Crippen molar-refractivity contribution in [1.29, 1.82) is 0 Å². The molecule has 4 N–H and O–H groups in total. The van der Waals surface area contributed by atoms with E-state index in [2.05, 4.69) is 25.9 Å². The number of aromatic nitrogens is 1. The zero-order valence-electron chi connectivity index (χ0n) is 17.6. The highest BCUT2D eigenvalue weighted by Gasteiger charge is 2.15. The number of nitrogens with one attached hydrogen (secondary N) is 4. The fourth-order valence-electron chi connectivity index (χ4n) is 3.84. The van der Waals surface area contributed by atoms with Gasteiger partial charge in [-0.3, -0.25) is 9.79 Å². The average Bonchev–Trinajstić information content (AvgIpc) is 3.10. The Balaban J connectivity index is 0.00000320. The SMILES string of the molecule is CCNC(=NCCC(=O)NC1CCCCC1)NCCc1c[nH]c2cc(F)ccc12.I. The molecule has 1 aliphatic carbocycles. The summed E-state index contributed by atoms with van der Waals surface area (Å²) in [6.07, 6.45) is 9.01. The first kappa shape index (κ1) is 24.4. The maximum atomic E-state index is 13.3. The molecule has 0 atom stereocenters. The van der Waals surface area contributed by atoms with Gasteiger partial charge in [-0.2, -0.15) is 0 Å². The molecule has 0 radical (unpaired) electrons. The summed E-state index contributed by atoms with van der Waals surface area (Å²) in [5, 5.41) is 10.7. The summed E-state index contributed by atoms with van der Waals surface area (Å²) in [7, 11) is 0. The average molecular weight is 529 g/mol. The maximum Gasteiger partial charge on any atom is 0.222 e. The van der Waals surface area contributed by atoms with Gasteiger partial charge in [0.2, 0.25) is 5.91 Å². The van der Waals surface area contributed by atoms with E-state index in [-0.39, 0.29) is 35.7 Å². The molecule has 6 nitrogen and oxygen atoms in total. The zero-order valence-corrected chi connectivity index (χ0v) is 19.9. The molecule has 0 unspecified atom stereocenters. The fourth-order valence-corrected chi connectivity index (χ4v) is 3.84. The summed E-state index contributed by atoms with van der Waals surface area (Å²) < 4.78 is 13.3. The number of nitrogens with zero attached hydrogens (tertiary/aromatic N) is 1. The van der Waals surface area contributed by atoms with Crippen LogP contribution in [0.5, 0.6) is 0 Å². The Labute approximate surface area is 194 Å². The summed E-state index contributed by atoms with van der Waals surface area (Å²) in [5.74, 6) is 0.560. The molecule has 1 saturated carbocycles. The molecule has 1 aliphatic rings. The molecule has 3 rings (SSSR count). The lowest BCUT2D eigenvalue weighted by Crippen LogP contribution is -2.39. The number of aromatic amines is 1. The highest BCUT2D eigenvalue weighted by Crippen LogP contribution is 2.19. The van der Waals surface area contributed by atoms with Crippen molar-refractivity contribution < 1.29 is 9.18 Å². The van der Waals surface area contributed by atoms with Crippen LogP contribution in [0.2, 0.25) is 0 Å². The zero-order chi connectivity index (χ0) is 20.5. The Morgan fingerprint density at radius 3 is 2.80 bits per heavy atom. The minimum Gasteiger partial charge on any atom is -0.361 e. The quantitative estimate of drug-likeness (QED) is 0.238. The molecule has 166 valence electrons. The van der Waals surface area contributed by atoms with Crippen LogP contribution in [-0.4, -0.2) is 42.5 Å². The van der Waals surface area contributed by atoms with Crippen molar-refractivity contribution in [2.75, 3.05) is 19.6 Å². The number of halogens is 2. The van der Waals surface area contributed by atoms with Crippen molar-refractivity contribution in [2.45, 2.75) is 57.9 Å². The van der Waals surface area contributed by atoms with Crippen molar-refractivity contribution in [3.8, 4) is 0 Å². The van der Waals surface area contributed by atoms with Crippen molar-refractivity contribution in [3.63, 3.8) is 0 Å². The van der Waals surface area contributed by atoms with Gasteiger partial charge in [0.15, 0.2) is 5.96 Å². The highest BCUT2D eigenvalue weighted by atomic mass is 127. The summed E-state index contributed by atoms with van der Waals surface area (Å²) in [4.78, 5) is 19.7. The predicted molar refractivity (Wildman–Crippen MR) is 131 cm³/mol. The summed E-state index contributed by atoms with van der Waals surface area (Å²) in [5.41, 5.74) is 1.94. The maximum absolute atomic E-state index is 13.3. The second-order valence-electron chi connectivity index (χ2n) is 7.59. The molecule has 30 heavy (non-hydrogen) atoms. The Kier molecular flexibility index (Phi) is 10.4. The van der Waals surface area contributed by atoms with Gasteiger partial charge in [-0.15, -0.1) is 24.0 Å². The van der Waals surface area contributed by atoms with Crippen LogP contribution >= 0.6 is 24.0 Å². The Bertz CT molecular complexity index is 832. The van der Waals surface area contributed by atoms with Gasteiger partial charge in [-0.1, -0.05) is 19.3 Å². The van der Waals surface area contributed by atoms with E-state index < -0.39 is 0 Å². The molecule has 0 saturated heterocycles. The van der Waals surface area contributed by atoms with Gasteiger partial charge in [0.05, 0.1) is 6.54 Å². The minimum atomic E-state index is -0.238. The Morgan fingerprint density at radius 1 is 1.23 bits per heavy atom. The van der Waals surface area contributed by atoms with Crippen molar-refractivity contribution in [1.82, 2.24) is 20.9 Å². The van der Waals surface area contributed by atoms with Crippen LogP contribution in [0, 0.1) is 5.82 Å². The third-order valence-electron chi connectivity index (χ3n) is 5.34. The molecule has 1 amide bonds. The van der Waals surface area contributed by atoms with Gasteiger partial charge in [-0.05, 0) is 49.9 Å². The van der Waals surface area contributed by atoms with E-state index in [4.69, 9.17) is 0 Å². The first-order chi connectivity index (χ1) is 14.2. The largest absolute Gasteiger partial charge is 0.361 e. The van der Waals surface area contributed by atoms with Gasteiger partial charge in [0.1, 0.15) is 5.82 Å². The number of guanidine groups is 1. The summed E-state index contributed by atoms with van der Waals surface area (Å²) in [6.45, 7) is 3.93. The van der Waals surface area contributed by atoms with Gasteiger partial charge in [0, 0.05) is 42.7 Å². The van der Waals surface area contributed by atoms with Crippen LogP contribution in [0.4, 0.5) is 4.39 Å². The number of amides is 1. The van der Waals surface area contributed by atoms with Crippen LogP contribution in [0.15, 0.2) is 29.4 Å². The van der Waals surface area contributed by atoms with Crippen LogP contribution in [0.1, 0.15) is 51.0 Å².